The first-order chi connectivity index (χ1) is 10.2. The van der Waals surface area contributed by atoms with Gasteiger partial charge in [-0.1, -0.05) is 25.1 Å². The summed E-state index contributed by atoms with van der Waals surface area (Å²) in [6.07, 6.45) is 4.62. The summed E-state index contributed by atoms with van der Waals surface area (Å²) in [5.74, 6) is -0.287. The number of ether oxygens (including phenoxy) is 1. The zero-order valence-electron chi connectivity index (χ0n) is 12.2. The molecular formula is C16H18N2O3. The molecule has 0 unspecified atom stereocenters. The van der Waals surface area contributed by atoms with Gasteiger partial charge in [-0.15, -0.1) is 0 Å². The number of carbonyl (C=O) groups is 2. The number of methoxy groups -OCH3 is 1. The van der Waals surface area contributed by atoms with Crippen LogP contribution in [0.25, 0.3) is 0 Å². The summed E-state index contributed by atoms with van der Waals surface area (Å²) in [6, 6.07) is 7.21. The number of esters is 1. The minimum atomic E-state index is -0.375. The summed E-state index contributed by atoms with van der Waals surface area (Å²) in [7, 11) is 1.36. The van der Waals surface area contributed by atoms with Crippen LogP contribution in [0, 0.1) is 0 Å². The number of nitrogens with zero attached hydrogens (tertiary/aromatic N) is 2. The van der Waals surface area contributed by atoms with Crippen LogP contribution in [0.15, 0.2) is 36.7 Å². The van der Waals surface area contributed by atoms with Crippen molar-refractivity contribution in [1.29, 1.82) is 0 Å². The molecule has 0 fully saturated rings. The number of Topliss-reactive ketones (excluding diaryl/α,β-unsaturated/α-hetero) is 1. The third kappa shape index (κ3) is 3.56. The summed E-state index contributed by atoms with van der Waals surface area (Å²) >= 11 is 0. The molecule has 5 heteroatoms. The van der Waals surface area contributed by atoms with E-state index in [4.69, 9.17) is 4.74 Å². The van der Waals surface area contributed by atoms with Crippen LogP contribution in [0.3, 0.4) is 0 Å². The number of hydrogen-bond donors (Lipinski definition) is 0. The third-order valence-corrected chi connectivity index (χ3v) is 3.19. The van der Waals surface area contributed by atoms with E-state index in [0.717, 1.165) is 12.0 Å². The number of hydrogen-bond acceptors (Lipinski definition) is 4. The van der Waals surface area contributed by atoms with Crippen LogP contribution in [-0.4, -0.2) is 28.6 Å². The van der Waals surface area contributed by atoms with Crippen LogP contribution in [0.2, 0.25) is 0 Å². The minimum absolute atomic E-state index is 0.0880. The lowest BCUT2D eigenvalue weighted by Crippen LogP contribution is -2.09. The Labute approximate surface area is 123 Å². The van der Waals surface area contributed by atoms with E-state index in [1.807, 2.05) is 19.1 Å². The lowest BCUT2D eigenvalue weighted by molar-refractivity contribution is 0.0599. The lowest BCUT2D eigenvalue weighted by atomic mass is 10.1. The monoisotopic (exact) mass is 286 g/mol. The second kappa shape index (κ2) is 6.83. The van der Waals surface area contributed by atoms with Gasteiger partial charge in [0.15, 0.2) is 5.78 Å². The number of ketones is 1. The molecule has 2 aromatic rings. The molecule has 0 aliphatic rings. The molecular weight excluding hydrogens is 268 g/mol. The molecule has 1 heterocycles. The van der Waals surface area contributed by atoms with Crippen molar-refractivity contribution in [3.05, 3.63) is 53.3 Å². The standard InChI is InChI=1S/C16H18N2O3/c1-3-6-15(19)13-9-17-18(11-13)10-12-7-4-5-8-14(12)16(20)21-2/h4-5,7-9,11H,3,6,10H2,1-2H3. The number of benzene rings is 1. The second-order valence-corrected chi connectivity index (χ2v) is 4.75. The quantitative estimate of drug-likeness (QED) is 0.605. The molecule has 0 aliphatic carbocycles. The Kier molecular flexibility index (Phi) is 4.87. The van der Waals surface area contributed by atoms with Crippen molar-refractivity contribution in [3.63, 3.8) is 0 Å². The summed E-state index contributed by atoms with van der Waals surface area (Å²) in [6.45, 7) is 2.39. The SMILES string of the molecule is CCCC(=O)c1cnn(Cc2ccccc2C(=O)OC)c1. The molecule has 0 bridgehead atoms. The van der Waals surface area contributed by atoms with E-state index in [-0.39, 0.29) is 11.8 Å². The van der Waals surface area contributed by atoms with Gasteiger partial charge >= 0.3 is 5.97 Å². The van der Waals surface area contributed by atoms with E-state index >= 15 is 0 Å². The minimum Gasteiger partial charge on any atom is -0.465 e. The van der Waals surface area contributed by atoms with Crippen LogP contribution >= 0.6 is 0 Å². The van der Waals surface area contributed by atoms with Gasteiger partial charge in [0.1, 0.15) is 0 Å². The Morgan fingerprint density at radius 3 is 2.76 bits per heavy atom. The van der Waals surface area contributed by atoms with Gasteiger partial charge in [0, 0.05) is 12.6 Å². The Bertz CT molecular complexity index is 646. The van der Waals surface area contributed by atoms with Crippen molar-refractivity contribution in [3.8, 4) is 0 Å². The van der Waals surface area contributed by atoms with Crippen molar-refractivity contribution >= 4 is 11.8 Å². The number of rotatable bonds is 6. The molecule has 110 valence electrons. The first-order valence-electron chi connectivity index (χ1n) is 6.87. The molecule has 5 nitrogen and oxygen atoms in total. The Morgan fingerprint density at radius 1 is 1.29 bits per heavy atom. The summed E-state index contributed by atoms with van der Waals surface area (Å²) < 4.78 is 6.42. The highest BCUT2D eigenvalue weighted by atomic mass is 16.5. The number of aromatic nitrogens is 2. The Morgan fingerprint density at radius 2 is 2.05 bits per heavy atom. The van der Waals surface area contributed by atoms with Gasteiger partial charge in [0.2, 0.25) is 0 Å². The van der Waals surface area contributed by atoms with E-state index in [1.165, 1.54) is 7.11 Å². The van der Waals surface area contributed by atoms with E-state index < -0.39 is 0 Å². The number of carbonyl (C=O) groups excluding carboxylic acids is 2. The van der Waals surface area contributed by atoms with Crippen molar-refractivity contribution < 1.29 is 14.3 Å². The zero-order valence-corrected chi connectivity index (χ0v) is 12.2. The molecule has 1 aromatic carbocycles. The molecule has 0 saturated heterocycles. The fraction of sp³-hybridized carbons (Fsp3) is 0.312. The zero-order chi connectivity index (χ0) is 15.2. The largest absolute Gasteiger partial charge is 0.465 e. The van der Waals surface area contributed by atoms with Gasteiger partial charge in [-0.3, -0.25) is 9.48 Å². The maximum Gasteiger partial charge on any atom is 0.338 e. The lowest BCUT2D eigenvalue weighted by Gasteiger charge is -2.07. The van der Waals surface area contributed by atoms with E-state index in [0.29, 0.717) is 24.1 Å². The molecule has 2 rings (SSSR count). The van der Waals surface area contributed by atoms with E-state index in [1.54, 1.807) is 29.2 Å². The molecule has 0 radical (unpaired) electrons. The van der Waals surface area contributed by atoms with Gasteiger partial charge in [-0.05, 0) is 18.1 Å². The highest BCUT2D eigenvalue weighted by molar-refractivity contribution is 5.95. The van der Waals surface area contributed by atoms with E-state index in [9.17, 15) is 9.59 Å². The predicted octanol–water partition coefficient (Wildman–Crippen LogP) is 2.70. The average molecular weight is 286 g/mol. The molecule has 0 atom stereocenters. The van der Waals surface area contributed by atoms with Crippen molar-refractivity contribution in [1.82, 2.24) is 9.78 Å². The highest BCUT2D eigenvalue weighted by Gasteiger charge is 2.13. The molecule has 0 N–H and O–H groups in total. The van der Waals surface area contributed by atoms with Crippen LogP contribution in [0.4, 0.5) is 0 Å². The van der Waals surface area contributed by atoms with Crippen molar-refractivity contribution in [2.75, 3.05) is 7.11 Å². The maximum atomic E-state index is 11.8. The third-order valence-electron chi connectivity index (χ3n) is 3.19. The maximum absolute atomic E-state index is 11.8. The van der Waals surface area contributed by atoms with Crippen LogP contribution in [-0.2, 0) is 11.3 Å². The average Bonchev–Trinajstić information content (AvgIpc) is 2.96. The first-order valence-corrected chi connectivity index (χ1v) is 6.87. The summed E-state index contributed by atoms with van der Waals surface area (Å²) in [4.78, 5) is 23.5. The van der Waals surface area contributed by atoms with Crippen LogP contribution < -0.4 is 0 Å². The summed E-state index contributed by atoms with van der Waals surface area (Å²) in [5.41, 5.74) is 1.92. The highest BCUT2D eigenvalue weighted by Crippen LogP contribution is 2.13. The Hall–Kier alpha value is -2.43. The van der Waals surface area contributed by atoms with Gasteiger partial charge in [-0.25, -0.2) is 4.79 Å². The predicted molar refractivity (Wildman–Crippen MR) is 78.3 cm³/mol. The molecule has 21 heavy (non-hydrogen) atoms. The van der Waals surface area contributed by atoms with Gasteiger partial charge in [0.05, 0.1) is 31.0 Å². The van der Waals surface area contributed by atoms with Gasteiger partial charge in [-0.2, -0.15) is 5.10 Å². The van der Waals surface area contributed by atoms with E-state index in [2.05, 4.69) is 5.10 Å². The second-order valence-electron chi connectivity index (χ2n) is 4.75. The van der Waals surface area contributed by atoms with Gasteiger partial charge in [0.25, 0.3) is 0 Å². The van der Waals surface area contributed by atoms with Crippen molar-refractivity contribution in [2.24, 2.45) is 0 Å². The first kappa shape index (κ1) is 15.0. The van der Waals surface area contributed by atoms with Gasteiger partial charge < -0.3 is 4.74 Å². The van der Waals surface area contributed by atoms with Crippen molar-refractivity contribution in [2.45, 2.75) is 26.3 Å². The fourth-order valence-electron chi connectivity index (χ4n) is 2.11. The Balaban J connectivity index is 2.19. The summed E-state index contributed by atoms with van der Waals surface area (Å²) in [5, 5.41) is 4.18. The molecule has 1 aromatic heterocycles. The normalized spacial score (nSPS) is 10.4. The molecule has 0 saturated carbocycles. The molecule has 0 aliphatic heterocycles. The van der Waals surface area contributed by atoms with Crippen LogP contribution in [0.5, 0.6) is 0 Å². The molecule has 0 spiro atoms. The van der Waals surface area contributed by atoms with Crippen LogP contribution in [0.1, 0.15) is 46.0 Å². The fourth-order valence-corrected chi connectivity index (χ4v) is 2.11. The topological polar surface area (TPSA) is 61.2 Å². The smallest absolute Gasteiger partial charge is 0.338 e. The molecule has 0 amide bonds.